The van der Waals surface area contributed by atoms with Gasteiger partial charge in [-0.1, -0.05) is 13.8 Å². The number of rotatable bonds is 6. The summed E-state index contributed by atoms with van der Waals surface area (Å²) in [7, 11) is 1.59. The Morgan fingerprint density at radius 1 is 1.37 bits per heavy atom. The van der Waals surface area contributed by atoms with Crippen LogP contribution in [0.2, 0.25) is 0 Å². The molecular weight excluding hydrogens is 246 g/mol. The fourth-order valence-electron chi connectivity index (χ4n) is 1.83. The van der Waals surface area contributed by atoms with Gasteiger partial charge in [-0.2, -0.15) is 0 Å². The van der Waals surface area contributed by atoms with E-state index >= 15 is 0 Å². The first kappa shape index (κ1) is 15.0. The molecule has 0 saturated heterocycles. The molecule has 0 spiro atoms. The van der Waals surface area contributed by atoms with E-state index in [4.69, 9.17) is 9.84 Å². The van der Waals surface area contributed by atoms with Gasteiger partial charge in [0.15, 0.2) is 0 Å². The zero-order valence-electron chi connectivity index (χ0n) is 11.4. The molecule has 19 heavy (non-hydrogen) atoms. The summed E-state index contributed by atoms with van der Waals surface area (Å²) in [5.74, 6) is -1.87. The van der Waals surface area contributed by atoms with E-state index in [0.717, 1.165) is 17.7 Å². The maximum atomic E-state index is 11.8. The number of aryl methyl sites for hydroxylation is 1. The van der Waals surface area contributed by atoms with Gasteiger partial charge in [0.1, 0.15) is 11.7 Å². The average molecular weight is 265 g/mol. The number of carboxylic acid groups (broad SMARTS) is 1. The van der Waals surface area contributed by atoms with Crippen LogP contribution >= 0.6 is 0 Å². The summed E-state index contributed by atoms with van der Waals surface area (Å²) >= 11 is 0. The molecular formula is C14H19NO4. The third kappa shape index (κ3) is 3.71. The van der Waals surface area contributed by atoms with Gasteiger partial charge in [0.25, 0.3) is 0 Å². The molecule has 0 aliphatic heterocycles. The highest BCUT2D eigenvalue weighted by Gasteiger charge is 2.24. The van der Waals surface area contributed by atoms with Crippen molar-refractivity contribution in [3.63, 3.8) is 0 Å². The van der Waals surface area contributed by atoms with Gasteiger partial charge in [-0.3, -0.25) is 9.59 Å². The molecule has 1 atom stereocenters. The zero-order valence-corrected chi connectivity index (χ0v) is 11.4. The van der Waals surface area contributed by atoms with E-state index in [1.165, 1.54) is 0 Å². The minimum atomic E-state index is -1.11. The second-order valence-electron chi connectivity index (χ2n) is 4.17. The number of methoxy groups -OCH3 is 1. The Morgan fingerprint density at radius 3 is 2.53 bits per heavy atom. The molecule has 5 heteroatoms. The van der Waals surface area contributed by atoms with Crippen molar-refractivity contribution < 1.29 is 19.4 Å². The number of hydrogen-bond acceptors (Lipinski definition) is 3. The number of carboxylic acids is 1. The van der Waals surface area contributed by atoms with E-state index in [1.807, 2.05) is 6.92 Å². The lowest BCUT2D eigenvalue weighted by Crippen LogP contribution is -2.28. The molecule has 1 aromatic carbocycles. The molecule has 104 valence electrons. The molecule has 0 aliphatic carbocycles. The maximum absolute atomic E-state index is 11.8. The Kier molecular flexibility index (Phi) is 5.36. The van der Waals surface area contributed by atoms with Crippen molar-refractivity contribution >= 4 is 17.6 Å². The van der Waals surface area contributed by atoms with E-state index in [9.17, 15) is 9.59 Å². The molecule has 1 aromatic rings. The quantitative estimate of drug-likeness (QED) is 0.774. The smallest absolute Gasteiger partial charge is 0.316 e. The molecule has 1 rings (SSSR count). The Balaban J connectivity index is 2.88. The summed E-state index contributed by atoms with van der Waals surface area (Å²) in [6.07, 6.45) is 1.03. The predicted molar refractivity (Wildman–Crippen MR) is 72.4 cm³/mol. The van der Waals surface area contributed by atoms with E-state index < -0.39 is 17.8 Å². The standard InChI is InChI=1S/C14H19NO4/c1-4-9-8-10(6-7-12(9)19-3)15-13(16)11(5-2)14(17)18/h6-8,11H,4-5H2,1-3H3,(H,15,16)(H,17,18). The van der Waals surface area contributed by atoms with Crippen LogP contribution < -0.4 is 10.1 Å². The largest absolute Gasteiger partial charge is 0.496 e. The summed E-state index contributed by atoms with van der Waals surface area (Å²) in [4.78, 5) is 22.7. The van der Waals surface area contributed by atoms with Crippen LogP contribution in [-0.4, -0.2) is 24.1 Å². The van der Waals surface area contributed by atoms with Crippen LogP contribution in [0.15, 0.2) is 18.2 Å². The summed E-state index contributed by atoms with van der Waals surface area (Å²) in [6.45, 7) is 3.65. The normalized spacial score (nSPS) is 11.7. The van der Waals surface area contributed by atoms with Crippen molar-refractivity contribution in [3.8, 4) is 5.75 Å². The molecule has 0 saturated carbocycles. The predicted octanol–water partition coefficient (Wildman–Crippen LogP) is 2.31. The molecule has 0 fully saturated rings. The van der Waals surface area contributed by atoms with E-state index in [0.29, 0.717) is 5.69 Å². The van der Waals surface area contributed by atoms with Gasteiger partial charge in [0.2, 0.25) is 5.91 Å². The highest BCUT2D eigenvalue weighted by molar-refractivity contribution is 6.04. The topological polar surface area (TPSA) is 75.6 Å². The number of ether oxygens (including phenoxy) is 1. The van der Waals surface area contributed by atoms with Crippen LogP contribution in [-0.2, 0) is 16.0 Å². The lowest BCUT2D eigenvalue weighted by atomic mass is 10.1. The summed E-state index contributed by atoms with van der Waals surface area (Å²) in [5, 5.41) is 11.5. The number of aliphatic carboxylic acids is 1. The molecule has 0 radical (unpaired) electrons. The highest BCUT2D eigenvalue weighted by Crippen LogP contribution is 2.23. The number of anilines is 1. The van der Waals surface area contributed by atoms with Crippen molar-refractivity contribution in [2.24, 2.45) is 5.92 Å². The third-order valence-corrected chi connectivity index (χ3v) is 2.95. The molecule has 0 aliphatic rings. The Hall–Kier alpha value is -2.04. The van der Waals surface area contributed by atoms with Crippen LogP contribution in [0.25, 0.3) is 0 Å². The first-order valence-corrected chi connectivity index (χ1v) is 6.24. The third-order valence-electron chi connectivity index (χ3n) is 2.95. The minimum Gasteiger partial charge on any atom is -0.496 e. The van der Waals surface area contributed by atoms with E-state index in [1.54, 1.807) is 32.2 Å². The van der Waals surface area contributed by atoms with Crippen LogP contribution in [0.3, 0.4) is 0 Å². The van der Waals surface area contributed by atoms with Gasteiger partial charge < -0.3 is 15.2 Å². The van der Waals surface area contributed by atoms with Gasteiger partial charge in [0, 0.05) is 5.69 Å². The molecule has 1 unspecified atom stereocenters. The van der Waals surface area contributed by atoms with Crippen molar-refractivity contribution in [3.05, 3.63) is 23.8 Å². The molecule has 0 aromatic heterocycles. The summed E-state index contributed by atoms with van der Waals surface area (Å²) in [5.41, 5.74) is 1.55. The second-order valence-corrected chi connectivity index (χ2v) is 4.17. The van der Waals surface area contributed by atoms with Crippen LogP contribution in [0.5, 0.6) is 5.75 Å². The number of amides is 1. The number of hydrogen-bond donors (Lipinski definition) is 2. The lowest BCUT2D eigenvalue weighted by molar-refractivity contribution is -0.145. The number of benzene rings is 1. The van der Waals surface area contributed by atoms with Crippen molar-refractivity contribution in [1.82, 2.24) is 0 Å². The molecule has 2 N–H and O–H groups in total. The lowest BCUT2D eigenvalue weighted by Gasteiger charge is -2.13. The monoisotopic (exact) mass is 265 g/mol. The SMILES string of the molecule is CCc1cc(NC(=O)C(CC)C(=O)O)ccc1OC. The molecule has 0 bridgehead atoms. The summed E-state index contributed by atoms with van der Waals surface area (Å²) in [6, 6.07) is 5.26. The minimum absolute atomic E-state index is 0.262. The molecule has 0 heterocycles. The number of nitrogens with one attached hydrogen (secondary N) is 1. The Bertz CT molecular complexity index is 471. The van der Waals surface area contributed by atoms with Gasteiger partial charge in [-0.15, -0.1) is 0 Å². The zero-order chi connectivity index (χ0) is 14.4. The van der Waals surface area contributed by atoms with Crippen LogP contribution in [0.4, 0.5) is 5.69 Å². The van der Waals surface area contributed by atoms with Gasteiger partial charge in [-0.25, -0.2) is 0 Å². The highest BCUT2D eigenvalue weighted by atomic mass is 16.5. The van der Waals surface area contributed by atoms with Crippen LogP contribution in [0.1, 0.15) is 25.8 Å². The first-order valence-electron chi connectivity index (χ1n) is 6.24. The summed E-state index contributed by atoms with van der Waals surface area (Å²) < 4.78 is 5.20. The van der Waals surface area contributed by atoms with E-state index in [2.05, 4.69) is 5.32 Å². The van der Waals surface area contributed by atoms with Gasteiger partial charge in [-0.05, 0) is 36.6 Å². The van der Waals surface area contributed by atoms with Gasteiger partial charge in [0.05, 0.1) is 7.11 Å². The average Bonchev–Trinajstić information content (AvgIpc) is 2.38. The fourth-order valence-corrected chi connectivity index (χ4v) is 1.83. The Labute approximate surface area is 112 Å². The van der Waals surface area contributed by atoms with Gasteiger partial charge >= 0.3 is 5.97 Å². The van der Waals surface area contributed by atoms with Crippen LogP contribution in [0, 0.1) is 5.92 Å². The first-order chi connectivity index (χ1) is 9.03. The van der Waals surface area contributed by atoms with Crippen molar-refractivity contribution in [1.29, 1.82) is 0 Å². The number of carbonyl (C=O) groups is 2. The van der Waals surface area contributed by atoms with E-state index in [-0.39, 0.29) is 6.42 Å². The molecule has 1 amide bonds. The maximum Gasteiger partial charge on any atom is 0.316 e. The van der Waals surface area contributed by atoms with Crippen molar-refractivity contribution in [2.75, 3.05) is 12.4 Å². The molecule has 5 nitrogen and oxygen atoms in total. The van der Waals surface area contributed by atoms with Crippen molar-refractivity contribution in [2.45, 2.75) is 26.7 Å². The number of carbonyl (C=O) groups excluding carboxylic acids is 1. The fraction of sp³-hybridized carbons (Fsp3) is 0.429. The Morgan fingerprint density at radius 2 is 2.05 bits per heavy atom. The second kappa shape index (κ2) is 6.78.